The van der Waals surface area contributed by atoms with Crippen LogP contribution in [0.25, 0.3) is 0 Å². The Morgan fingerprint density at radius 3 is 3.19 bits per heavy atom. The molecule has 1 aliphatic rings. The summed E-state index contributed by atoms with van der Waals surface area (Å²) in [5.74, 6) is -0.421. The van der Waals surface area contributed by atoms with Crippen molar-refractivity contribution in [2.24, 2.45) is 0 Å². The Bertz CT molecular complexity index is 374. The van der Waals surface area contributed by atoms with Gasteiger partial charge in [-0.1, -0.05) is 0 Å². The highest BCUT2D eigenvalue weighted by atomic mass is 16.5. The number of carbonyl (C=O) groups is 1. The first kappa shape index (κ1) is 11.2. The molecule has 1 atom stereocenters. The fraction of sp³-hybridized carbons (Fsp3) is 0.545. The summed E-state index contributed by atoms with van der Waals surface area (Å²) in [4.78, 5) is 13.0. The van der Waals surface area contributed by atoms with Crippen LogP contribution in [-0.2, 0) is 11.3 Å². The quantitative estimate of drug-likeness (QED) is 0.834. The van der Waals surface area contributed by atoms with E-state index in [2.05, 4.69) is 4.90 Å². The number of furan rings is 1. The van der Waals surface area contributed by atoms with Gasteiger partial charge >= 0.3 is 5.97 Å². The normalized spacial score (nSPS) is 21.4. The van der Waals surface area contributed by atoms with Crippen molar-refractivity contribution in [2.45, 2.75) is 19.1 Å². The van der Waals surface area contributed by atoms with Gasteiger partial charge in [-0.05, 0) is 12.5 Å². The highest BCUT2D eigenvalue weighted by Gasteiger charge is 2.24. The topological polar surface area (TPSA) is 62.9 Å². The van der Waals surface area contributed by atoms with E-state index in [1.54, 1.807) is 7.11 Å². The number of rotatable bonds is 4. The van der Waals surface area contributed by atoms with Crippen LogP contribution in [0.15, 0.2) is 16.7 Å². The van der Waals surface area contributed by atoms with E-state index >= 15 is 0 Å². The lowest BCUT2D eigenvalue weighted by Crippen LogP contribution is -2.23. The molecular weight excluding hydrogens is 210 g/mol. The third-order valence-electron chi connectivity index (χ3n) is 2.91. The van der Waals surface area contributed by atoms with Gasteiger partial charge in [0.15, 0.2) is 0 Å². The Morgan fingerprint density at radius 1 is 1.75 bits per heavy atom. The van der Waals surface area contributed by atoms with E-state index in [1.807, 2.05) is 0 Å². The fourth-order valence-corrected chi connectivity index (χ4v) is 1.99. The fourth-order valence-electron chi connectivity index (χ4n) is 1.99. The summed E-state index contributed by atoms with van der Waals surface area (Å²) in [6.07, 6.45) is 2.66. The van der Waals surface area contributed by atoms with Crippen molar-refractivity contribution in [3.05, 3.63) is 23.7 Å². The molecule has 0 aliphatic carbocycles. The summed E-state index contributed by atoms with van der Waals surface area (Å²) in [5, 5.41) is 8.92. The van der Waals surface area contributed by atoms with Gasteiger partial charge in [-0.15, -0.1) is 0 Å². The van der Waals surface area contributed by atoms with Crippen LogP contribution < -0.4 is 0 Å². The van der Waals surface area contributed by atoms with Gasteiger partial charge in [0.05, 0.1) is 18.9 Å². The lowest BCUT2D eigenvalue weighted by atomic mass is 10.2. The molecule has 2 heterocycles. The number of hydrogen-bond donors (Lipinski definition) is 1. The lowest BCUT2D eigenvalue weighted by Gasteiger charge is -2.14. The van der Waals surface area contributed by atoms with E-state index in [-0.39, 0.29) is 11.7 Å². The van der Waals surface area contributed by atoms with Gasteiger partial charge in [0.25, 0.3) is 0 Å². The van der Waals surface area contributed by atoms with Crippen molar-refractivity contribution in [2.75, 3.05) is 20.2 Å². The number of aromatic carboxylic acids is 1. The first-order chi connectivity index (χ1) is 7.70. The third-order valence-corrected chi connectivity index (χ3v) is 2.91. The molecule has 1 saturated heterocycles. The van der Waals surface area contributed by atoms with Crippen molar-refractivity contribution in [3.63, 3.8) is 0 Å². The molecule has 1 N–H and O–H groups in total. The van der Waals surface area contributed by atoms with Gasteiger partial charge in [0.1, 0.15) is 11.3 Å². The van der Waals surface area contributed by atoms with Crippen molar-refractivity contribution in [3.8, 4) is 0 Å². The maximum absolute atomic E-state index is 10.9. The summed E-state index contributed by atoms with van der Waals surface area (Å²) in [5.41, 5.74) is 0.251. The molecule has 0 bridgehead atoms. The first-order valence-electron chi connectivity index (χ1n) is 5.25. The zero-order valence-electron chi connectivity index (χ0n) is 9.18. The Balaban J connectivity index is 1.99. The van der Waals surface area contributed by atoms with E-state index in [4.69, 9.17) is 14.3 Å². The average molecular weight is 225 g/mol. The maximum Gasteiger partial charge on any atom is 0.339 e. The Kier molecular flexibility index (Phi) is 3.26. The predicted octanol–water partition coefficient (Wildman–Crippen LogP) is 1.20. The van der Waals surface area contributed by atoms with Gasteiger partial charge in [0, 0.05) is 20.2 Å². The van der Waals surface area contributed by atoms with Crippen LogP contribution in [0.2, 0.25) is 0 Å². The molecule has 1 unspecified atom stereocenters. The summed E-state index contributed by atoms with van der Waals surface area (Å²) < 4.78 is 10.4. The number of ether oxygens (including phenoxy) is 1. The molecule has 0 spiro atoms. The van der Waals surface area contributed by atoms with Crippen LogP contribution in [0.4, 0.5) is 0 Å². The number of carboxylic acid groups (broad SMARTS) is 1. The highest BCUT2D eigenvalue weighted by molar-refractivity contribution is 5.88. The number of likely N-dealkylation sites (tertiary alicyclic amines) is 1. The van der Waals surface area contributed by atoms with E-state index in [9.17, 15) is 4.79 Å². The van der Waals surface area contributed by atoms with Crippen LogP contribution in [0.5, 0.6) is 0 Å². The predicted molar refractivity (Wildman–Crippen MR) is 56.4 cm³/mol. The Labute approximate surface area is 93.6 Å². The number of hydrogen-bond acceptors (Lipinski definition) is 4. The smallest absolute Gasteiger partial charge is 0.339 e. The zero-order chi connectivity index (χ0) is 11.5. The summed E-state index contributed by atoms with van der Waals surface area (Å²) in [6, 6.07) is 1.49. The summed E-state index contributed by atoms with van der Waals surface area (Å²) in [6.45, 7) is 2.28. The molecule has 0 aromatic carbocycles. The monoisotopic (exact) mass is 225 g/mol. The summed E-state index contributed by atoms with van der Waals surface area (Å²) >= 11 is 0. The van der Waals surface area contributed by atoms with Crippen molar-refractivity contribution in [1.82, 2.24) is 4.90 Å². The Morgan fingerprint density at radius 2 is 2.56 bits per heavy atom. The second kappa shape index (κ2) is 4.67. The molecule has 5 nitrogen and oxygen atoms in total. The second-order valence-electron chi connectivity index (χ2n) is 3.94. The zero-order valence-corrected chi connectivity index (χ0v) is 9.18. The molecule has 16 heavy (non-hydrogen) atoms. The van der Waals surface area contributed by atoms with Crippen LogP contribution in [0, 0.1) is 0 Å². The lowest BCUT2D eigenvalue weighted by molar-refractivity contribution is 0.0692. The molecule has 88 valence electrons. The van der Waals surface area contributed by atoms with Gasteiger partial charge < -0.3 is 14.3 Å². The molecule has 1 fully saturated rings. The number of methoxy groups -OCH3 is 1. The maximum atomic E-state index is 10.9. The molecular formula is C11H15NO4. The van der Waals surface area contributed by atoms with Gasteiger partial charge in [-0.25, -0.2) is 4.79 Å². The number of nitrogens with zero attached hydrogens (tertiary/aromatic N) is 1. The van der Waals surface area contributed by atoms with Crippen LogP contribution >= 0.6 is 0 Å². The van der Waals surface area contributed by atoms with Crippen LogP contribution in [-0.4, -0.2) is 42.3 Å². The van der Waals surface area contributed by atoms with E-state index in [1.165, 1.54) is 12.3 Å². The third kappa shape index (κ3) is 2.25. The minimum Gasteiger partial charge on any atom is -0.478 e. The summed E-state index contributed by atoms with van der Waals surface area (Å²) in [7, 11) is 1.70. The van der Waals surface area contributed by atoms with E-state index in [0.717, 1.165) is 19.5 Å². The molecule has 0 amide bonds. The van der Waals surface area contributed by atoms with Crippen LogP contribution in [0.1, 0.15) is 22.5 Å². The molecule has 5 heteroatoms. The van der Waals surface area contributed by atoms with Crippen molar-refractivity contribution < 1.29 is 19.1 Å². The minimum atomic E-state index is -0.939. The molecule has 1 aliphatic heterocycles. The number of carboxylic acids is 1. The largest absolute Gasteiger partial charge is 0.478 e. The Hall–Kier alpha value is -1.33. The van der Waals surface area contributed by atoms with Crippen molar-refractivity contribution >= 4 is 5.97 Å². The van der Waals surface area contributed by atoms with E-state index < -0.39 is 5.97 Å². The molecule has 0 saturated carbocycles. The van der Waals surface area contributed by atoms with Gasteiger partial charge in [-0.3, -0.25) is 4.90 Å². The van der Waals surface area contributed by atoms with Crippen LogP contribution in [0.3, 0.4) is 0 Å². The second-order valence-corrected chi connectivity index (χ2v) is 3.94. The molecule has 1 aromatic heterocycles. The average Bonchev–Trinajstić information content (AvgIpc) is 2.87. The molecule has 1 aromatic rings. The molecule has 0 radical (unpaired) electrons. The van der Waals surface area contributed by atoms with Gasteiger partial charge in [0.2, 0.25) is 0 Å². The molecule has 2 rings (SSSR count). The standard InChI is InChI=1S/C11H15NO4/c1-15-8-2-4-12(6-8)7-10-9(11(13)14)3-5-16-10/h3,5,8H,2,4,6-7H2,1H3,(H,13,14). The minimum absolute atomic E-state index is 0.251. The SMILES string of the molecule is COC1CCN(Cc2occc2C(=O)O)C1. The van der Waals surface area contributed by atoms with Gasteiger partial charge in [-0.2, -0.15) is 0 Å². The van der Waals surface area contributed by atoms with E-state index in [0.29, 0.717) is 12.3 Å². The highest BCUT2D eigenvalue weighted by Crippen LogP contribution is 2.18. The van der Waals surface area contributed by atoms with Crippen molar-refractivity contribution in [1.29, 1.82) is 0 Å². The first-order valence-corrected chi connectivity index (χ1v) is 5.25.